The van der Waals surface area contributed by atoms with Gasteiger partial charge in [0.25, 0.3) is 5.91 Å². The fourth-order valence-electron chi connectivity index (χ4n) is 3.33. The molecule has 2 heterocycles. The first-order valence-electron chi connectivity index (χ1n) is 9.22. The third-order valence-electron chi connectivity index (χ3n) is 5.02. The normalized spacial score (nSPS) is 19.8. The van der Waals surface area contributed by atoms with Crippen LogP contribution in [0.25, 0.3) is 0 Å². The quantitative estimate of drug-likeness (QED) is 0.799. The maximum absolute atomic E-state index is 13.0. The number of likely N-dealkylation sites (N-methyl/N-ethyl adjacent to an activating group) is 1. The highest BCUT2D eigenvalue weighted by Gasteiger charge is 2.32. The van der Waals surface area contributed by atoms with Gasteiger partial charge in [-0.3, -0.25) is 9.69 Å². The van der Waals surface area contributed by atoms with Crippen molar-refractivity contribution < 1.29 is 9.53 Å². The molecule has 4 rings (SSSR count). The second kappa shape index (κ2) is 7.41. The largest absolute Gasteiger partial charge is 0.490 e. The molecule has 0 spiro atoms. The van der Waals surface area contributed by atoms with Gasteiger partial charge in [0.15, 0.2) is 0 Å². The van der Waals surface area contributed by atoms with Crippen LogP contribution < -0.4 is 4.74 Å². The molecule has 1 amide bonds. The van der Waals surface area contributed by atoms with Gasteiger partial charge >= 0.3 is 0 Å². The molecule has 1 unspecified atom stereocenters. The summed E-state index contributed by atoms with van der Waals surface area (Å²) in [7, 11) is 2.07. The average molecular weight is 352 g/mol. The lowest BCUT2D eigenvalue weighted by molar-refractivity contribution is 0.0774. The Bertz CT molecular complexity index is 763. The Hall–Kier alpha value is -2.47. The van der Waals surface area contributed by atoms with E-state index >= 15 is 0 Å². The van der Waals surface area contributed by atoms with Crippen molar-refractivity contribution in [1.29, 1.82) is 0 Å². The maximum Gasteiger partial charge on any atom is 0.257 e. The molecule has 6 nitrogen and oxygen atoms in total. The molecule has 0 bridgehead atoms. The van der Waals surface area contributed by atoms with Gasteiger partial charge in [-0.2, -0.15) is 0 Å². The zero-order valence-corrected chi connectivity index (χ0v) is 15.0. The molecule has 1 aromatic carbocycles. The molecule has 2 aliphatic rings. The van der Waals surface area contributed by atoms with Crippen LogP contribution in [0.1, 0.15) is 35.4 Å². The number of carbonyl (C=O) groups excluding carboxylic acids is 1. The van der Waals surface area contributed by atoms with Crippen molar-refractivity contribution in [3.05, 3.63) is 54.1 Å². The van der Waals surface area contributed by atoms with Crippen molar-refractivity contribution in [1.82, 2.24) is 19.8 Å². The van der Waals surface area contributed by atoms with E-state index in [-0.39, 0.29) is 12.0 Å². The summed E-state index contributed by atoms with van der Waals surface area (Å²) in [6.07, 6.45) is 6.93. The molecule has 1 saturated carbocycles. The van der Waals surface area contributed by atoms with E-state index in [0.29, 0.717) is 18.2 Å². The third-order valence-corrected chi connectivity index (χ3v) is 5.02. The molecule has 1 aliphatic carbocycles. The van der Waals surface area contributed by atoms with E-state index in [1.165, 1.54) is 0 Å². The van der Waals surface area contributed by atoms with Crippen LogP contribution in [0.2, 0.25) is 0 Å². The van der Waals surface area contributed by atoms with Crippen molar-refractivity contribution in [2.24, 2.45) is 0 Å². The van der Waals surface area contributed by atoms with Crippen molar-refractivity contribution in [3.8, 4) is 5.75 Å². The highest BCUT2D eigenvalue weighted by molar-refractivity contribution is 5.97. The standard InChI is InChI=1S/C20H24N4O2/c1-23(14-19-21-10-4-11-22-19)15-9-12-24(13-15)20(25)17-5-2-3-6-18(17)26-16-7-8-16/h2-6,10-11,15-16H,7-9,12-14H2,1H3. The fraction of sp³-hybridized carbons (Fsp3) is 0.450. The maximum atomic E-state index is 13.0. The van der Waals surface area contributed by atoms with E-state index in [1.54, 1.807) is 12.4 Å². The van der Waals surface area contributed by atoms with E-state index in [1.807, 2.05) is 35.2 Å². The number of rotatable bonds is 6. The van der Waals surface area contributed by atoms with Crippen LogP contribution in [0.5, 0.6) is 5.75 Å². The van der Waals surface area contributed by atoms with Gasteiger partial charge in [0.05, 0.1) is 18.2 Å². The van der Waals surface area contributed by atoms with E-state index in [4.69, 9.17) is 4.74 Å². The third kappa shape index (κ3) is 3.85. The first-order chi connectivity index (χ1) is 12.7. The van der Waals surface area contributed by atoms with Crippen molar-refractivity contribution >= 4 is 5.91 Å². The van der Waals surface area contributed by atoms with Gasteiger partial charge in [-0.1, -0.05) is 12.1 Å². The summed E-state index contributed by atoms with van der Waals surface area (Å²) in [5.41, 5.74) is 0.675. The van der Waals surface area contributed by atoms with E-state index in [2.05, 4.69) is 21.9 Å². The molecule has 1 aliphatic heterocycles. The molecule has 26 heavy (non-hydrogen) atoms. The summed E-state index contributed by atoms with van der Waals surface area (Å²) in [5.74, 6) is 1.59. The predicted octanol–water partition coefficient (Wildman–Crippen LogP) is 2.36. The van der Waals surface area contributed by atoms with E-state index in [9.17, 15) is 4.79 Å². The van der Waals surface area contributed by atoms with Crippen LogP contribution in [-0.4, -0.2) is 58.0 Å². The van der Waals surface area contributed by atoms with Gasteiger partial charge in [-0.05, 0) is 44.5 Å². The Labute approximate surface area is 153 Å². The molecule has 1 saturated heterocycles. The summed E-state index contributed by atoms with van der Waals surface area (Å²) in [4.78, 5) is 25.7. The minimum atomic E-state index is 0.0631. The molecule has 6 heteroatoms. The van der Waals surface area contributed by atoms with E-state index in [0.717, 1.165) is 43.9 Å². The Kier molecular flexibility index (Phi) is 4.84. The Balaban J connectivity index is 1.39. The molecule has 1 aromatic heterocycles. The van der Waals surface area contributed by atoms with Gasteiger partial charge in [-0.25, -0.2) is 9.97 Å². The molecular formula is C20H24N4O2. The monoisotopic (exact) mass is 352 g/mol. The summed E-state index contributed by atoms with van der Waals surface area (Å²) in [6, 6.07) is 9.74. The zero-order valence-electron chi connectivity index (χ0n) is 15.0. The number of amides is 1. The smallest absolute Gasteiger partial charge is 0.257 e. The van der Waals surface area contributed by atoms with Crippen LogP contribution in [0.3, 0.4) is 0 Å². The Morgan fingerprint density at radius 2 is 1.96 bits per heavy atom. The minimum absolute atomic E-state index is 0.0631. The lowest BCUT2D eigenvalue weighted by Crippen LogP contribution is -2.36. The number of hydrogen-bond donors (Lipinski definition) is 0. The first-order valence-corrected chi connectivity index (χ1v) is 9.22. The van der Waals surface area contributed by atoms with Gasteiger partial charge in [0.1, 0.15) is 11.6 Å². The number of aromatic nitrogens is 2. The summed E-state index contributed by atoms with van der Waals surface area (Å²) in [6.45, 7) is 2.18. The summed E-state index contributed by atoms with van der Waals surface area (Å²) >= 11 is 0. The fourth-order valence-corrected chi connectivity index (χ4v) is 3.33. The summed E-state index contributed by atoms with van der Waals surface area (Å²) < 4.78 is 5.92. The zero-order chi connectivity index (χ0) is 17.9. The van der Waals surface area contributed by atoms with Crippen LogP contribution in [-0.2, 0) is 6.54 Å². The number of likely N-dealkylation sites (tertiary alicyclic amines) is 1. The van der Waals surface area contributed by atoms with Crippen LogP contribution in [0.15, 0.2) is 42.7 Å². The van der Waals surface area contributed by atoms with Crippen LogP contribution in [0, 0.1) is 0 Å². The Morgan fingerprint density at radius 3 is 2.73 bits per heavy atom. The Morgan fingerprint density at radius 1 is 1.19 bits per heavy atom. The average Bonchev–Trinajstić information content (AvgIpc) is 3.34. The second-order valence-corrected chi connectivity index (χ2v) is 7.09. The number of para-hydroxylation sites is 1. The number of ether oxygens (including phenoxy) is 1. The predicted molar refractivity (Wildman–Crippen MR) is 97.9 cm³/mol. The first kappa shape index (κ1) is 17.0. The molecule has 136 valence electrons. The van der Waals surface area contributed by atoms with Gasteiger partial charge < -0.3 is 9.64 Å². The topological polar surface area (TPSA) is 58.6 Å². The van der Waals surface area contributed by atoms with Crippen LogP contribution >= 0.6 is 0 Å². The van der Waals surface area contributed by atoms with Gasteiger partial charge in [-0.15, -0.1) is 0 Å². The molecule has 2 fully saturated rings. The molecule has 0 N–H and O–H groups in total. The number of carbonyl (C=O) groups is 1. The second-order valence-electron chi connectivity index (χ2n) is 7.09. The number of hydrogen-bond acceptors (Lipinski definition) is 5. The van der Waals surface area contributed by atoms with Gasteiger partial charge in [0, 0.05) is 31.5 Å². The number of benzene rings is 1. The molecular weight excluding hydrogens is 328 g/mol. The summed E-state index contributed by atoms with van der Waals surface area (Å²) in [5, 5.41) is 0. The molecule has 1 atom stereocenters. The number of nitrogens with zero attached hydrogens (tertiary/aromatic N) is 4. The lowest BCUT2D eigenvalue weighted by Gasteiger charge is -2.24. The van der Waals surface area contributed by atoms with E-state index < -0.39 is 0 Å². The lowest BCUT2D eigenvalue weighted by atomic mass is 10.1. The molecule has 0 radical (unpaired) electrons. The minimum Gasteiger partial charge on any atom is -0.490 e. The SMILES string of the molecule is CN(Cc1ncccn1)C1CCN(C(=O)c2ccccc2OC2CC2)C1. The molecule has 2 aromatic rings. The van der Waals surface area contributed by atoms with Crippen LogP contribution in [0.4, 0.5) is 0 Å². The van der Waals surface area contributed by atoms with Crippen molar-refractivity contribution in [3.63, 3.8) is 0 Å². The van der Waals surface area contributed by atoms with Gasteiger partial charge in [0.2, 0.25) is 0 Å². The van der Waals surface area contributed by atoms with Crippen molar-refractivity contribution in [2.45, 2.75) is 38.0 Å². The van der Waals surface area contributed by atoms with Crippen molar-refractivity contribution in [2.75, 3.05) is 20.1 Å². The highest BCUT2D eigenvalue weighted by Crippen LogP contribution is 2.30. The highest BCUT2D eigenvalue weighted by atomic mass is 16.5.